The maximum Gasteiger partial charge on any atom is 0.316 e. The summed E-state index contributed by atoms with van der Waals surface area (Å²) in [5.41, 5.74) is -0.0866. The molecular formula is C17H23NO5S. The van der Waals surface area contributed by atoms with Crippen LogP contribution in [0.25, 0.3) is 0 Å². The van der Waals surface area contributed by atoms with Gasteiger partial charge in [0, 0.05) is 6.04 Å². The molecule has 0 bridgehead atoms. The van der Waals surface area contributed by atoms with Crippen molar-refractivity contribution in [2.45, 2.75) is 44.8 Å². The van der Waals surface area contributed by atoms with Gasteiger partial charge in [0.15, 0.2) is 15.9 Å². The second-order valence-electron chi connectivity index (χ2n) is 6.65. The van der Waals surface area contributed by atoms with Crippen molar-refractivity contribution in [3.8, 4) is 0 Å². The molecule has 1 saturated heterocycles. The summed E-state index contributed by atoms with van der Waals surface area (Å²) in [5.74, 6) is -0.966. The third-order valence-corrected chi connectivity index (χ3v) is 6.01. The molecule has 0 aliphatic carbocycles. The van der Waals surface area contributed by atoms with E-state index < -0.39 is 39.3 Å². The van der Waals surface area contributed by atoms with Gasteiger partial charge in [-0.3, -0.25) is 9.59 Å². The van der Waals surface area contributed by atoms with E-state index in [-0.39, 0.29) is 11.5 Å². The molecule has 2 rings (SSSR count). The Balaban J connectivity index is 1.95. The van der Waals surface area contributed by atoms with Gasteiger partial charge in [-0.1, -0.05) is 30.3 Å². The predicted molar refractivity (Wildman–Crippen MR) is 90.2 cm³/mol. The zero-order chi connectivity index (χ0) is 18.0. The van der Waals surface area contributed by atoms with E-state index in [9.17, 15) is 18.0 Å². The van der Waals surface area contributed by atoms with Crippen molar-refractivity contribution in [2.75, 3.05) is 11.5 Å². The summed E-state index contributed by atoms with van der Waals surface area (Å²) in [5, 5.41) is 2.64. The van der Waals surface area contributed by atoms with Gasteiger partial charge in [-0.15, -0.1) is 0 Å². The Hall–Kier alpha value is -1.89. The zero-order valence-electron chi connectivity index (χ0n) is 14.1. The Kier molecular flexibility index (Phi) is 5.32. The molecule has 1 heterocycles. The Morgan fingerprint density at radius 3 is 2.42 bits per heavy atom. The van der Waals surface area contributed by atoms with E-state index in [0.717, 1.165) is 5.56 Å². The Morgan fingerprint density at radius 2 is 1.88 bits per heavy atom. The van der Waals surface area contributed by atoms with Crippen LogP contribution in [0.3, 0.4) is 0 Å². The van der Waals surface area contributed by atoms with Crippen LogP contribution in [0.15, 0.2) is 30.3 Å². The fourth-order valence-electron chi connectivity index (χ4n) is 2.56. The molecular weight excluding hydrogens is 330 g/mol. The first-order valence-electron chi connectivity index (χ1n) is 7.89. The molecule has 1 N–H and O–H groups in total. The van der Waals surface area contributed by atoms with Crippen molar-refractivity contribution in [2.24, 2.45) is 0 Å². The smallest absolute Gasteiger partial charge is 0.316 e. The van der Waals surface area contributed by atoms with Crippen LogP contribution in [0.5, 0.6) is 0 Å². The van der Waals surface area contributed by atoms with Gasteiger partial charge < -0.3 is 10.1 Å². The van der Waals surface area contributed by atoms with Crippen molar-refractivity contribution >= 4 is 21.7 Å². The Bertz CT molecular complexity index is 712. The molecule has 1 amide bonds. The van der Waals surface area contributed by atoms with Crippen LogP contribution in [-0.4, -0.2) is 43.9 Å². The van der Waals surface area contributed by atoms with E-state index in [1.165, 1.54) is 6.92 Å². The van der Waals surface area contributed by atoms with Gasteiger partial charge >= 0.3 is 5.97 Å². The normalized spacial score (nSPS) is 21.0. The first-order chi connectivity index (χ1) is 11.1. The molecule has 0 aromatic heterocycles. The third-order valence-electron chi connectivity index (χ3n) is 4.24. The van der Waals surface area contributed by atoms with Crippen molar-refractivity contribution < 1.29 is 22.7 Å². The average molecular weight is 353 g/mol. The topological polar surface area (TPSA) is 89.5 Å². The number of ether oxygens (including phenoxy) is 1. The highest BCUT2D eigenvalue weighted by Gasteiger charge is 2.35. The highest BCUT2D eigenvalue weighted by atomic mass is 32.2. The summed E-state index contributed by atoms with van der Waals surface area (Å²) in [4.78, 5) is 24.5. The molecule has 1 aromatic carbocycles. The highest BCUT2D eigenvalue weighted by Crippen LogP contribution is 2.25. The van der Waals surface area contributed by atoms with Crippen LogP contribution < -0.4 is 5.32 Å². The van der Waals surface area contributed by atoms with E-state index in [4.69, 9.17) is 4.74 Å². The lowest BCUT2D eigenvalue weighted by Crippen LogP contribution is -2.44. The van der Waals surface area contributed by atoms with Crippen LogP contribution in [0, 0.1) is 0 Å². The maximum absolute atomic E-state index is 12.4. The number of hydrogen-bond donors (Lipinski definition) is 1. The number of esters is 1. The lowest BCUT2D eigenvalue weighted by molar-refractivity contribution is -0.159. The summed E-state index contributed by atoms with van der Waals surface area (Å²) in [7, 11) is -3.07. The molecule has 1 aliphatic heterocycles. The minimum atomic E-state index is -3.07. The van der Waals surface area contributed by atoms with Crippen molar-refractivity contribution in [1.29, 1.82) is 0 Å². The highest BCUT2D eigenvalue weighted by molar-refractivity contribution is 7.91. The largest absolute Gasteiger partial charge is 0.452 e. The Labute approximate surface area is 142 Å². The van der Waals surface area contributed by atoms with Gasteiger partial charge in [0.05, 0.1) is 16.9 Å². The van der Waals surface area contributed by atoms with Crippen LogP contribution in [0.4, 0.5) is 0 Å². The fourth-order valence-corrected chi connectivity index (χ4v) is 4.23. The minimum Gasteiger partial charge on any atom is -0.452 e. The quantitative estimate of drug-likeness (QED) is 0.804. The number of sulfone groups is 1. The molecule has 1 aliphatic rings. The van der Waals surface area contributed by atoms with E-state index in [1.807, 2.05) is 30.3 Å². The van der Waals surface area contributed by atoms with Gasteiger partial charge in [-0.25, -0.2) is 8.42 Å². The fraction of sp³-hybridized carbons (Fsp3) is 0.529. The average Bonchev–Trinajstić information content (AvgIpc) is 2.86. The van der Waals surface area contributed by atoms with Crippen LogP contribution in [-0.2, 0) is 29.6 Å². The van der Waals surface area contributed by atoms with Gasteiger partial charge in [-0.2, -0.15) is 0 Å². The number of benzene rings is 1. The predicted octanol–water partition coefficient (Wildman–Crippen LogP) is 1.20. The molecule has 132 valence electrons. The molecule has 6 nitrogen and oxygen atoms in total. The SMILES string of the molecule is C[C@H](OC(=O)C(C)(C)c1ccccc1)C(=O)N[C@H]1CCS(=O)(=O)C1. The first-order valence-corrected chi connectivity index (χ1v) is 9.71. The first kappa shape index (κ1) is 18.4. The third kappa shape index (κ3) is 4.35. The molecule has 1 aromatic rings. The molecule has 0 unspecified atom stereocenters. The number of rotatable bonds is 5. The summed E-state index contributed by atoms with van der Waals surface area (Å²) in [6, 6.07) is 8.77. The minimum absolute atomic E-state index is 0.0606. The summed E-state index contributed by atoms with van der Waals surface area (Å²) in [6.07, 6.45) is -0.589. The summed E-state index contributed by atoms with van der Waals surface area (Å²) in [6.45, 7) is 4.95. The van der Waals surface area contributed by atoms with E-state index in [2.05, 4.69) is 5.32 Å². The van der Waals surface area contributed by atoms with Gasteiger partial charge in [0.1, 0.15) is 0 Å². The van der Waals surface area contributed by atoms with E-state index >= 15 is 0 Å². The monoisotopic (exact) mass is 353 g/mol. The molecule has 2 atom stereocenters. The number of hydrogen-bond acceptors (Lipinski definition) is 5. The second kappa shape index (κ2) is 6.93. The second-order valence-corrected chi connectivity index (χ2v) is 8.88. The van der Waals surface area contributed by atoms with Gasteiger partial charge in [0.25, 0.3) is 5.91 Å². The molecule has 7 heteroatoms. The molecule has 1 fully saturated rings. The molecule has 0 spiro atoms. The number of nitrogens with one attached hydrogen (secondary N) is 1. The van der Waals surface area contributed by atoms with Crippen LogP contribution in [0.1, 0.15) is 32.8 Å². The zero-order valence-corrected chi connectivity index (χ0v) is 14.9. The Morgan fingerprint density at radius 1 is 1.25 bits per heavy atom. The van der Waals surface area contributed by atoms with Crippen molar-refractivity contribution in [3.63, 3.8) is 0 Å². The molecule has 24 heavy (non-hydrogen) atoms. The summed E-state index contributed by atoms with van der Waals surface area (Å²) < 4.78 is 28.1. The lowest BCUT2D eigenvalue weighted by Gasteiger charge is -2.25. The van der Waals surface area contributed by atoms with Gasteiger partial charge in [-0.05, 0) is 32.8 Å². The number of amides is 1. The lowest BCUT2D eigenvalue weighted by atomic mass is 9.85. The molecule has 0 saturated carbocycles. The van der Waals surface area contributed by atoms with E-state index in [0.29, 0.717) is 6.42 Å². The van der Waals surface area contributed by atoms with Crippen LogP contribution in [0.2, 0.25) is 0 Å². The maximum atomic E-state index is 12.4. The van der Waals surface area contributed by atoms with Crippen molar-refractivity contribution in [3.05, 3.63) is 35.9 Å². The van der Waals surface area contributed by atoms with Crippen molar-refractivity contribution in [1.82, 2.24) is 5.32 Å². The molecule has 0 radical (unpaired) electrons. The van der Waals surface area contributed by atoms with E-state index in [1.54, 1.807) is 13.8 Å². The summed E-state index contributed by atoms with van der Waals surface area (Å²) >= 11 is 0. The standard InChI is InChI=1S/C17H23NO5S/c1-12(15(19)18-14-9-10-24(21,22)11-14)23-16(20)17(2,3)13-7-5-4-6-8-13/h4-8,12,14H,9-11H2,1-3H3,(H,18,19)/t12-,14-/m0/s1. The number of carbonyl (C=O) groups excluding carboxylic acids is 2. The van der Waals surface area contributed by atoms with Crippen LogP contribution >= 0.6 is 0 Å². The number of carbonyl (C=O) groups is 2. The van der Waals surface area contributed by atoms with Gasteiger partial charge in [0.2, 0.25) is 0 Å².